The van der Waals surface area contributed by atoms with Gasteiger partial charge in [0.25, 0.3) is 0 Å². The molecule has 0 unspecified atom stereocenters. The van der Waals surface area contributed by atoms with Gasteiger partial charge >= 0.3 is 6.18 Å². The van der Waals surface area contributed by atoms with Gasteiger partial charge in [0.05, 0.1) is 5.56 Å². The lowest BCUT2D eigenvalue weighted by Crippen LogP contribution is -2.17. The van der Waals surface area contributed by atoms with Crippen LogP contribution in [0.4, 0.5) is 13.2 Å². The molecular weight excluding hydrogens is 281 g/mol. The van der Waals surface area contributed by atoms with Crippen molar-refractivity contribution in [2.75, 3.05) is 6.54 Å². The number of nitrogens with two attached hydrogens (primary N) is 1. The highest BCUT2D eigenvalue weighted by Crippen LogP contribution is 2.32. The Labute approximate surface area is 121 Å². The summed E-state index contributed by atoms with van der Waals surface area (Å²) in [5, 5.41) is 0. The van der Waals surface area contributed by atoms with Crippen LogP contribution in [0.25, 0.3) is 11.1 Å². The van der Waals surface area contributed by atoms with E-state index in [1.165, 1.54) is 6.07 Å². The Morgan fingerprint density at radius 2 is 1.90 bits per heavy atom. The van der Waals surface area contributed by atoms with E-state index in [4.69, 9.17) is 10.2 Å². The molecule has 2 aromatic rings. The number of nitrogens with zero attached hydrogens (tertiary/aromatic N) is 1. The highest BCUT2D eigenvalue weighted by atomic mass is 19.4. The number of benzene rings is 1. The van der Waals surface area contributed by atoms with Gasteiger partial charge in [-0.15, -0.1) is 0 Å². The fourth-order valence-corrected chi connectivity index (χ4v) is 2.22. The molecule has 0 atom stereocenters. The molecule has 0 amide bonds. The molecule has 0 aliphatic carbocycles. The van der Waals surface area contributed by atoms with Crippen molar-refractivity contribution in [3.63, 3.8) is 0 Å². The van der Waals surface area contributed by atoms with Crippen molar-refractivity contribution in [2.24, 2.45) is 11.1 Å². The third-order valence-electron chi connectivity index (χ3n) is 3.60. The lowest BCUT2D eigenvalue weighted by atomic mass is 9.84. The molecule has 6 heteroatoms. The molecule has 2 rings (SSSR count). The largest absolute Gasteiger partial charge is 0.441 e. The van der Waals surface area contributed by atoms with Crippen molar-refractivity contribution in [1.29, 1.82) is 0 Å². The van der Waals surface area contributed by atoms with Crippen molar-refractivity contribution in [1.82, 2.24) is 4.98 Å². The van der Waals surface area contributed by atoms with E-state index >= 15 is 0 Å². The van der Waals surface area contributed by atoms with Crippen LogP contribution < -0.4 is 5.73 Å². The van der Waals surface area contributed by atoms with Gasteiger partial charge in [-0.2, -0.15) is 13.2 Å². The highest BCUT2D eigenvalue weighted by Gasteiger charge is 2.31. The summed E-state index contributed by atoms with van der Waals surface area (Å²) in [6.07, 6.45) is -2.08. The lowest BCUT2D eigenvalue weighted by Gasteiger charge is -2.22. The monoisotopic (exact) mass is 300 g/mol. The summed E-state index contributed by atoms with van der Waals surface area (Å²) in [5.41, 5.74) is 5.54. The predicted molar refractivity (Wildman–Crippen MR) is 74.8 cm³/mol. The van der Waals surface area contributed by atoms with Gasteiger partial charge in [0.2, 0.25) is 0 Å². The summed E-state index contributed by atoms with van der Waals surface area (Å²) in [7, 11) is 0. The van der Waals surface area contributed by atoms with E-state index in [0.717, 1.165) is 25.0 Å². The average molecular weight is 300 g/mol. The van der Waals surface area contributed by atoms with Gasteiger partial charge in [0, 0.05) is 6.42 Å². The first kappa shape index (κ1) is 15.8. The minimum Gasteiger partial charge on any atom is -0.441 e. The Balaban J connectivity index is 2.16. The molecule has 0 saturated carbocycles. The van der Waals surface area contributed by atoms with Gasteiger partial charge < -0.3 is 10.2 Å². The van der Waals surface area contributed by atoms with Crippen LogP contribution in [0.2, 0.25) is 0 Å². The molecule has 0 aliphatic rings. The molecule has 0 bridgehead atoms. The molecule has 3 nitrogen and oxygen atoms in total. The number of aryl methyl sites for hydroxylation is 1. The molecular formula is C15H19F3N2O. The highest BCUT2D eigenvalue weighted by molar-refractivity contribution is 5.73. The number of alkyl halides is 3. The molecule has 0 saturated heterocycles. The number of aromatic nitrogens is 1. The first-order valence-corrected chi connectivity index (χ1v) is 6.88. The van der Waals surface area contributed by atoms with Crippen LogP contribution >= 0.6 is 0 Å². The molecule has 21 heavy (non-hydrogen) atoms. The van der Waals surface area contributed by atoms with Crippen LogP contribution in [0, 0.1) is 5.41 Å². The van der Waals surface area contributed by atoms with Crippen LogP contribution in [-0.2, 0) is 12.6 Å². The maximum atomic E-state index is 12.6. The van der Waals surface area contributed by atoms with E-state index in [0.29, 0.717) is 24.4 Å². The van der Waals surface area contributed by atoms with Gasteiger partial charge in [-0.05, 0) is 43.0 Å². The van der Waals surface area contributed by atoms with Crippen molar-refractivity contribution in [2.45, 2.75) is 39.3 Å². The van der Waals surface area contributed by atoms with E-state index < -0.39 is 11.7 Å². The van der Waals surface area contributed by atoms with Gasteiger partial charge in [-0.1, -0.05) is 13.8 Å². The van der Waals surface area contributed by atoms with Crippen molar-refractivity contribution >= 4 is 11.1 Å². The molecule has 1 aromatic heterocycles. The molecule has 0 aliphatic heterocycles. The Morgan fingerprint density at radius 1 is 1.19 bits per heavy atom. The fourth-order valence-electron chi connectivity index (χ4n) is 2.22. The second kappa shape index (κ2) is 5.67. The molecule has 1 aromatic carbocycles. The van der Waals surface area contributed by atoms with E-state index in [9.17, 15) is 13.2 Å². The number of oxazole rings is 1. The molecule has 116 valence electrons. The second-order valence-corrected chi connectivity index (χ2v) is 5.99. The summed E-state index contributed by atoms with van der Waals surface area (Å²) in [4.78, 5) is 4.15. The van der Waals surface area contributed by atoms with Gasteiger partial charge in [-0.3, -0.25) is 0 Å². The average Bonchev–Trinajstić information content (AvgIpc) is 2.77. The molecule has 0 fully saturated rings. The van der Waals surface area contributed by atoms with E-state index in [1.54, 1.807) is 0 Å². The third-order valence-corrected chi connectivity index (χ3v) is 3.60. The molecule has 2 N–H and O–H groups in total. The number of hydrogen-bond donors (Lipinski definition) is 1. The molecule has 0 radical (unpaired) electrons. The van der Waals surface area contributed by atoms with E-state index in [1.807, 2.05) is 0 Å². The fraction of sp³-hybridized carbons (Fsp3) is 0.533. The van der Waals surface area contributed by atoms with E-state index in [-0.39, 0.29) is 10.9 Å². The third kappa shape index (κ3) is 3.97. The maximum Gasteiger partial charge on any atom is 0.416 e. The van der Waals surface area contributed by atoms with Crippen LogP contribution in [-0.4, -0.2) is 11.5 Å². The quantitative estimate of drug-likeness (QED) is 0.902. The molecule has 1 heterocycles. The first-order valence-electron chi connectivity index (χ1n) is 6.88. The van der Waals surface area contributed by atoms with Crippen LogP contribution in [0.3, 0.4) is 0 Å². The Morgan fingerprint density at radius 3 is 2.52 bits per heavy atom. The minimum atomic E-state index is -4.36. The normalized spacial score (nSPS) is 13.0. The summed E-state index contributed by atoms with van der Waals surface area (Å²) in [5.74, 6) is 0.467. The van der Waals surface area contributed by atoms with Crippen LogP contribution in [0.1, 0.15) is 38.1 Å². The predicted octanol–water partition coefficient (Wildman–Crippen LogP) is 4.15. The van der Waals surface area contributed by atoms with Crippen LogP contribution in [0.15, 0.2) is 22.6 Å². The summed E-state index contributed by atoms with van der Waals surface area (Å²) in [6, 6.07) is 3.35. The zero-order valence-electron chi connectivity index (χ0n) is 12.1. The minimum absolute atomic E-state index is 0.0620. The Kier molecular flexibility index (Phi) is 4.27. The zero-order chi connectivity index (χ0) is 15.7. The number of rotatable bonds is 5. The Hall–Kier alpha value is -1.56. The van der Waals surface area contributed by atoms with Crippen molar-refractivity contribution < 1.29 is 17.6 Å². The van der Waals surface area contributed by atoms with Crippen molar-refractivity contribution in [3.05, 3.63) is 29.7 Å². The summed E-state index contributed by atoms with van der Waals surface area (Å²) in [6.45, 7) is 4.81. The maximum absolute atomic E-state index is 12.6. The first-order chi connectivity index (χ1) is 9.71. The lowest BCUT2D eigenvalue weighted by molar-refractivity contribution is -0.137. The number of hydrogen-bond acceptors (Lipinski definition) is 3. The topological polar surface area (TPSA) is 52.0 Å². The SMILES string of the molecule is CC(C)(CCN)CCc1nc2cc(C(F)(F)F)ccc2o1. The molecule has 0 spiro atoms. The number of halogens is 3. The van der Waals surface area contributed by atoms with Crippen molar-refractivity contribution in [3.8, 4) is 0 Å². The van der Waals surface area contributed by atoms with Crippen LogP contribution in [0.5, 0.6) is 0 Å². The summed E-state index contributed by atoms with van der Waals surface area (Å²) < 4.78 is 43.4. The van der Waals surface area contributed by atoms with Gasteiger partial charge in [0.1, 0.15) is 5.52 Å². The second-order valence-electron chi connectivity index (χ2n) is 5.99. The Bertz CT molecular complexity index is 617. The zero-order valence-corrected chi connectivity index (χ0v) is 12.1. The van der Waals surface area contributed by atoms with Gasteiger partial charge in [-0.25, -0.2) is 4.98 Å². The number of fused-ring (bicyclic) bond motifs is 1. The standard InChI is InChI=1S/C15H19F3N2O/c1-14(2,7-8-19)6-5-13-20-11-9-10(15(16,17)18)3-4-12(11)21-13/h3-4,9H,5-8,19H2,1-2H3. The van der Waals surface area contributed by atoms with Gasteiger partial charge in [0.15, 0.2) is 11.5 Å². The summed E-state index contributed by atoms with van der Waals surface area (Å²) >= 11 is 0. The van der Waals surface area contributed by atoms with E-state index in [2.05, 4.69) is 18.8 Å². The smallest absolute Gasteiger partial charge is 0.416 e.